The van der Waals surface area contributed by atoms with Gasteiger partial charge in [-0.1, -0.05) is 42.4 Å². The van der Waals surface area contributed by atoms with Crippen LogP contribution in [0.15, 0.2) is 40.9 Å². The topological polar surface area (TPSA) is 55.1 Å². The van der Waals surface area contributed by atoms with Gasteiger partial charge in [-0.25, -0.2) is 0 Å². The van der Waals surface area contributed by atoms with E-state index in [1.165, 1.54) is 6.42 Å². The minimum Gasteiger partial charge on any atom is -0.350 e. The summed E-state index contributed by atoms with van der Waals surface area (Å²) in [6.07, 6.45) is 3.27. The minimum atomic E-state index is -0.168. The highest BCUT2D eigenvalue weighted by molar-refractivity contribution is 5.92. The van der Waals surface area contributed by atoms with E-state index >= 15 is 0 Å². The molecule has 1 saturated carbocycles. The standard InChI is InChI=1S/C16H18N2O2/c1-11-7-8-13(9-11)17-16(19)15-10-14(18-20-15)12-5-3-2-4-6-12/h2-6,10-11,13H,7-9H2,1H3,(H,17,19). The number of rotatable bonds is 3. The summed E-state index contributed by atoms with van der Waals surface area (Å²) in [5, 5.41) is 6.98. The first kappa shape index (κ1) is 12.9. The predicted octanol–water partition coefficient (Wildman–Crippen LogP) is 3.26. The summed E-state index contributed by atoms with van der Waals surface area (Å²) in [6, 6.07) is 11.7. The van der Waals surface area contributed by atoms with E-state index < -0.39 is 0 Å². The highest BCUT2D eigenvalue weighted by Crippen LogP contribution is 2.25. The van der Waals surface area contributed by atoms with Crippen LogP contribution in [0, 0.1) is 5.92 Å². The Balaban J connectivity index is 1.69. The maximum absolute atomic E-state index is 12.1. The SMILES string of the molecule is CC1CCC(NC(=O)c2cc(-c3ccccc3)no2)C1. The Morgan fingerprint density at radius 3 is 2.80 bits per heavy atom. The zero-order chi connectivity index (χ0) is 13.9. The zero-order valence-corrected chi connectivity index (χ0v) is 11.5. The molecule has 104 valence electrons. The van der Waals surface area contributed by atoms with Crippen molar-refractivity contribution >= 4 is 5.91 Å². The molecule has 0 spiro atoms. The van der Waals surface area contributed by atoms with Gasteiger partial charge in [0, 0.05) is 17.7 Å². The van der Waals surface area contributed by atoms with Gasteiger partial charge in [-0.2, -0.15) is 0 Å². The first-order valence-corrected chi connectivity index (χ1v) is 7.05. The van der Waals surface area contributed by atoms with E-state index in [2.05, 4.69) is 17.4 Å². The zero-order valence-electron chi connectivity index (χ0n) is 11.5. The quantitative estimate of drug-likeness (QED) is 0.931. The van der Waals surface area contributed by atoms with Crippen LogP contribution in [0.3, 0.4) is 0 Å². The second-order valence-electron chi connectivity index (χ2n) is 5.53. The van der Waals surface area contributed by atoms with Gasteiger partial charge in [0.05, 0.1) is 0 Å². The Kier molecular flexibility index (Phi) is 3.54. The fourth-order valence-corrected chi connectivity index (χ4v) is 2.72. The van der Waals surface area contributed by atoms with Crippen molar-refractivity contribution in [1.82, 2.24) is 10.5 Å². The fraction of sp³-hybridized carbons (Fsp3) is 0.375. The predicted molar refractivity (Wildman–Crippen MR) is 76.2 cm³/mol. The van der Waals surface area contributed by atoms with Crippen molar-refractivity contribution in [1.29, 1.82) is 0 Å². The smallest absolute Gasteiger partial charge is 0.290 e. The molecule has 1 aromatic carbocycles. The van der Waals surface area contributed by atoms with Gasteiger partial charge >= 0.3 is 0 Å². The number of carbonyl (C=O) groups excluding carboxylic acids is 1. The minimum absolute atomic E-state index is 0.168. The van der Waals surface area contributed by atoms with E-state index in [1.807, 2.05) is 30.3 Å². The number of hydrogen-bond acceptors (Lipinski definition) is 3. The maximum Gasteiger partial charge on any atom is 0.290 e. The van der Waals surface area contributed by atoms with Crippen molar-refractivity contribution in [3.05, 3.63) is 42.2 Å². The molecule has 1 heterocycles. The summed E-state index contributed by atoms with van der Waals surface area (Å²) >= 11 is 0. The van der Waals surface area contributed by atoms with Gasteiger partial charge < -0.3 is 9.84 Å². The Bertz CT molecular complexity index is 592. The lowest BCUT2D eigenvalue weighted by Crippen LogP contribution is -2.32. The maximum atomic E-state index is 12.1. The highest BCUT2D eigenvalue weighted by atomic mass is 16.5. The average molecular weight is 270 g/mol. The molecule has 2 unspecified atom stereocenters. The van der Waals surface area contributed by atoms with E-state index in [-0.39, 0.29) is 17.7 Å². The summed E-state index contributed by atoms with van der Waals surface area (Å²) in [6.45, 7) is 2.22. The Morgan fingerprint density at radius 2 is 2.10 bits per heavy atom. The van der Waals surface area contributed by atoms with E-state index in [4.69, 9.17) is 4.52 Å². The molecule has 1 aliphatic carbocycles. The normalized spacial score (nSPS) is 21.9. The summed E-state index contributed by atoms with van der Waals surface area (Å²) in [7, 11) is 0. The van der Waals surface area contributed by atoms with E-state index in [1.54, 1.807) is 6.07 Å². The number of aromatic nitrogens is 1. The van der Waals surface area contributed by atoms with Crippen LogP contribution in [0.4, 0.5) is 0 Å². The molecular weight excluding hydrogens is 252 g/mol. The molecule has 1 amide bonds. The van der Waals surface area contributed by atoms with Crippen LogP contribution in [0.5, 0.6) is 0 Å². The monoisotopic (exact) mass is 270 g/mol. The molecule has 4 nitrogen and oxygen atoms in total. The van der Waals surface area contributed by atoms with Crippen molar-refractivity contribution in [2.45, 2.75) is 32.2 Å². The van der Waals surface area contributed by atoms with Crippen LogP contribution >= 0.6 is 0 Å². The van der Waals surface area contributed by atoms with Gasteiger partial charge in [-0.15, -0.1) is 0 Å². The van der Waals surface area contributed by atoms with Crippen LogP contribution in [0.25, 0.3) is 11.3 Å². The molecule has 2 atom stereocenters. The molecule has 1 aromatic heterocycles. The number of carbonyl (C=O) groups is 1. The molecular formula is C16H18N2O2. The number of benzene rings is 1. The number of hydrogen-bond donors (Lipinski definition) is 1. The molecule has 1 fully saturated rings. The number of amides is 1. The third-order valence-electron chi connectivity index (χ3n) is 3.83. The molecule has 4 heteroatoms. The molecule has 20 heavy (non-hydrogen) atoms. The fourth-order valence-electron chi connectivity index (χ4n) is 2.72. The number of nitrogens with zero attached hydrogens (tertiary/aromatic N) is 1. The highest BCUT2D eigenvalue weighted by Gasteiger charge is 2.24. The summed E-state index contributed by atoms with van der Waals surface area (Å²) in [4.78, 5) is 12.1. The van der Waals surface area contributed by atoms with Crippen molar-refractivity contribution < 1.29 is 9.32 Å². The first-order chi connectivity index (χ1) is 9.72. The van der Waals surface area contributed by atoms with Crippen LogP contribution in [-0.4, -0.2) is 17.1 Å². The molecule has 0 aliphatic heterocycles. The van der Waals surface area contributed by atoms with Gasteiger partial charge in [0.1, 0.15) is 5.69 Å². The lowest BCUT2D eigenvalue weighted by Gasteiger charge is -2.10. The lowest BCUT2D eigenvalue weighted by atomic mass is 10.1. The Hall–Kier alpha value is -2.10. The van der Waals surface area contributed by atoms with Crippen molar-refractivity contribution in [3.8, 4) is 11.3 Å². The third kappa shape index (κ3) is 2.74. The Labute approximate surface area is 118 Å². The summed E-state index contributed by atoms with van der Waals surface area (Å²) < 4.78 is 5.16. The van der Waals surface area contributed by atoms with Gasteiger partial charge in [0.25, 0.3) is 5.91 Å². The van der Waals surface area contributed by atoms with E-state index in [9.17, 15) is 4.79 Å². The molecule has 2 aromatic rings. The van der Waals surface area contributed by atoms with Crippen LogP contribution in [0.1, 0.15) is 36.7 Å². The second kappa shape index (κ2) is 5.49. The van der Waals surface area contributed by atoms with Crippen LogP contribution < -0.4 is 5.32 Å². The van der Waals surface area contributed by atoms with Crippen molar-refractivity contribution in [2.75, 3.05) is 0 Å². The van der Waals surface area contributed by atoms with Crippen LogP contribution in [0.2, 0.25) is 0 Å². The lowest BCUT2D eigenvalue weighted by molar-refractivity contribution is 0.0900. The second-order valence-corrected chi connectivity index (χ2v) is 5.53. The van der Waals surface area contributed by atoms with Gasteiger partial charge in [0.2, 0.25) is 5.76 Å². The summed E-state index contributed by atoms with van der Waals surface area (Å²) in [5.74, 6) is 0.803. The Morgan fingerprint density at radius 1 is 1.30 bits per heavy atom. The molecule has 3 rings (SSSR count). The van der Waals surface area contributed by atoms with Crippen LogP contribution in [-0.2, 0) is 0 Å². The van der Waals surface area contributed by atoms with Crippen molar-refractivity contribution in [3.63, 3.8) is 0 Å². The first-order valence-electron chi connectivity index (χ1n) is 7.05. The third-order valence-corrected chi connectivity index (χ3v) is 3.83. The van der Waals surface area contributed by atoms with Gasteiger partial charge in [-0.05, 0) is 25.2 Å². The van der Waals surface area contributed by atoms with E-state index in [0.29, 0.717) is 11.6 Å². The molecule has 0 bridgehead atoms. The largest absolute Gasteiger partial charge is 0.350 e. The average Bonchev–Trinajstić information content (AvgIpc) is 3.09. The molecule has 1 aliphatic rings. The van der Waals surface area contributed by atoms with Gasteiger partial charge in [-0.3, -0.25) is 4.79 Å². The molecule has 1 N–H and O–H groups in total. The molecule has 0 radical (unpaired) electrons. The number of nitrogens with one attached hydrogen (secondary N) is 1. The van der Waals surface area contributed by atoms with Crippen molar-refractivity contribution in [2.24, 2.45) is 5.92 Å². The molecule has 0 saturated heterocycles. The van der Waals surface area contributed by atoms with E-state index in [0.717, 1.165) is 18.4 Å². The van der Waals surface area contributed by atoms with Gasteiger partial charge in [0.15, 0.2) is 0 Å². The summed E-state index contributed by atoms with van der Waals surface area (Å²) in [5.41, 5.74) is 1.64.